The Morgan fingerprint density at radius 1 is 1.08 bits per heavy atom. The molecule has 2 atom stereocenters. The lowest BCUT2D eigenvalue weighted by atomic mass is 9.90. The molecule has 0 amide bonds. The number of benzene rings is 2. The summed E-state index contributed by atoms with van der Waals surface area (Å²) in [6.45, 7) is 12.5. The van der Waals surface area contributed by atoms with Crippen molar-refractivity contribution in [1.82, 2.24) is 9.97 Å². The molecule has 1 heterocycles. The number of aromatic nitrogens is 2. The van der Waals surface area contributed by atoms with Crippen LogP contribution in [0.5, 0.6) is 0 Å². The van der Waals surface area contributed by atoms with Gasteiger partial charge in [-0.25, -0.2) is 18.7 Å². The zero-order valence-electron chi connectivity index (χ0n) is 22.5. The van der Waals surface area contributed by atoms with Crippen molar-refractivity contribution in [3.8, 4) is 11.1 Å². The first-order chi connectivity index (χ1) is 17.7. The zero-order chi connectivity index (χ0) is 26.7. The second kappa shape index (κ2) is 11.2. The van der Waals surface area contributed by atoms with Crippen LogP contribution >= 0.6 is 0 Å². The molecule has 3 aromatic rings. The average molecular weight is 500 g/mol. The molecule has 0 radical (unpaired) electrons. The maximum Gasteiger partial charge on any atom is 0.227 e. The summed E-state index contributed by atoms with van der Waals surface area (Å²) in [7, 11) is 0. The molecule has 0 saturated carbocycles. The van der Waals surface area contributed by atoms with E-state index in [1.807, 2.05) is 26.0 Å². The minimum atomic E-state index is -0.595. The fourth-order valence-corrected chi connectivity index (χ4v) is 4.77. The van der Waals surface area contributed by atoms with Crippen LogP contribution in [0.2, 0.25) is 0 Å². The smallest absolute Gasteiger partial charge is 0.227 e. The molecule has 1 aliphatic carbocycles. The van der Waals surface area contributed by atoms with Gasteiger partial charge < -0.3 is 5.32 Å². The van der Waals surface area contributed by atoms with E-state index in [9.17, 15) is 0 Å². The number of allylic oxidation sites excluding steroid dienone is 7. The molecule has 0 aliphatic heterocycles. The van der Waals surface area contributed by atoms with Crippen molar-refractivity contribution in [3.05, 3.63) is 100 Å². The van der Waals surface area contributed by atoms with Gasteiger partial charge in [0.05, 0.1) is 11.1 Å². The van der Waals surface area contributed by atoms with E-state index in [2.05, 4.69) is 61.2 Å². The van der Waals surface area contributed by atoms with Crippen molar-refractivity contribution in [2.45, 2.75) is 60.3 Å². The third kappa shape index (κ3) is 5.71. The van der Waals surface area contributed by atoms with Crippen LogP contribution in [0.1, 0.15) is 65.9 Å². The quantitative estimate of drug-likeness (QED) is 0.329. The Kier molecular flexibility index (Phi) is 8.01. The van der Waals surface area contributed by atoms with E-state index in [-0.39, 0.29) is 17.4 Å². The van der Waals surface area contributed by atoms with E-state index < -0.39 is 11.6 Å². The summed E-state index contributed by atoms with van der Waals surface area (Å²) < 4.78 is 30.8. The maximum atomic E-state index is 15.4. The first kappa shape index (κ1) is 26.5. The Bertz CT molecular complexity index is 1420. The highest BCUT2D eigenvalue weighted by Crippen LogP contribution is 2.34. The molecule has 1 aliphatic rings. The number of hydrogen-bond acceptors (Lipinski definition) is 3. The molecule has 1 aromatic heterocycles. The predicted molar refractivity (Wildman–Crippen MR) is 150 cm³/mol. The van der Waals surface area contributed by atoms with E-state index in [1.54, 1.807) is 18.3 Å². The van der Waals surface area contributed by atoms with Crippen LogP contribution < -0.4 is 5.32 Å². The minimum Gasteiger partial charge on any atom is -0.324 e. The lowest BCUT2D eigenvalue weighted by molar-refractivity contribution is 0.585. The van der Waals surface area contributed by atoms with Crippen LogP contribution in [0.4, 0.5) is 14.7 Å². The maximum absolute atomic E-state index is 15.4. The minimum absolute atomic E-state index is 0.0717. The number of halogens is 2. The molecule has 0 saturated heterocycles. The Labute approximate surface area is 218 Å². The number of fused-ring (bicyclic) bond motifs is 1. The standard InChI is InChI=1S/C32H35F2N3/c1-7-19(3)14-21(5)24-16-28(33)30(29(34)17-24)27-11-9-10-23-18-35-32(37-31(23)27)36-25-12-13-26(20(4)8-2)22(6)15-25/h9-18,21-22H,7-8H2,1-6H3,(H,35,36,37)/b19-14-,26-20+. The van der Waals surface area contributed by atoms with E-state index in [1.165, 1.54) is 28.9 Å². The number of nitrogens with one attached hydrogen (secondary N) is 1. The molecular formula is C32H35F2N3. The summed E-state index contributed by atoms with van der Waals surface area (Å²) in [5, 5.41) is 3.99. The van der Waals surface area contributed by atoms with Gasteiger partial charge in [-0.2, -0.15) is 0 Å². The van der Waals surface area contributed by atoms with Gasteiger partial charge in [0, 0.05) is 28.8 Å². The van der Waals surface area contributed by atoms with Crippen LogP contribution in [0.25, 0.3) is 22.0 Å². The third-order valence-electron chi connectivity index (χ3n) is 7.20. The first-order valence-electron chi connectivity index (χ1n) is 13.0. The second-order valence-corrected chi connectivity index (χ2v) is 9.91. The number of anilines is 1. The van der Waals surface area contributed by atoms with Crippen molar-refractivity contribution >= 4 is 16.9 Å². The monoisotopic (exact) mass is 499 g/mol. The molecule has 2 unspecified atom stereocenters. The summed E-state index contributed by atoms with van der Waals surface area (Å²) >= 11 is 0. The van der Waals surface area contributed by atoms with Gasteiger partial charge in [0.15, 0.2) is 0 Å². The number of hydrogen-bond donors (Lipinski definition) is 1. The lowest BCUT2D eigenvalue weighted by Gasteiger charge is -2.19. The van der Waals surface area contributed by atoms with E-state index in [0.29, 0.717) is 28.0 Å². The van der Waals surface area contributed by atoms with Crippen LogP contribution in [0.3, 0.4) is 0 Å². The Morgan fingerprint density at radius 2 is 1.81 bits per heavy atom. The van der Waals surface area contributed by atoms with Gasteiger partial charge in [-0.3, -0.25) is 0 Å². The Hall–Kier alpha value is -3.60. The van der Waals surface area contributed by atoms with Gasteiger partial charge in [0.2, 0.25) is 5.95 Å². The SMILES string of the molecule is CC/C(C)=C\C(C)c1cc(F)c(-c2cccc3cnc(NC4=CC(C)/C(=C(\C)CC)C=C4)nc23)c(F)c1. The highest BCUT2D eigenvalue weighted by Gasteiger charge is 2.19. The zero-order valence-corrected chi connectivity index (χ0v) is 22.5. The summed E-state index contributed by atoms with van der Waals surface area (Å²) in [4.78, 5) is 9.13. The van der Waals surface area contributed by atoms with Crippen LogP contribution in [0, 0.1) is 17.6 Å². The van der Waals surface area contributed by atoms with E-state index in [4.69, 9.17) is 0 Å². The highest BCUT2D eigenvalue weighted by atomic mass is 19.1. The summed E-state index contributed by atoms with van der Waals surface area (Å²) in [6.07, 6.45) is 11.9. The molecule has 3 nitrogen and oxygen atoms in total. The van der Waals surface area contributed by atoms with Gasteiger partial charge in [-0.15, -0.1) is 0 Å². The average Bonchev–Trinajstić information content (AvgIpc) is 2.88. The summed E-state index contributed by atoms with van der Waals surface area (Å²) in [6, 6.07) is 8.19. The number of para-hydroxylation sites is 1. The molecule has 4 rings (SSSR count). The molecule has 1 N–H and O–H groups in total. The normalized spacial score (nSPS) is 18.1. The largest absolute Gasteiger partial charge is 0.324 e. The highest BCUT2D eigenvalue weighted by molar-refractivity contribution is 5.94. The lowest BCUT2D eigenvalue weighted by Crippen LogP contribution is -2.09. The van der Waals surface area contributed by atoms with Crippen molar-refractivity contribution < 1.29 is 8.78 Å². The second-order valence-electron chi connectivity index (χ2n) is 9.91. The fourth-order valence-electron chi connectivity index (χ4n) is 4.77. The van der Waals surface area contributed by atoms with Crippen molar-refractivity contribution in [2.24, 2.45) is 5.92 Å². The van der Waals surface area contributed by atoms with Gasteiger partial charge in [0.25, 0.3) is 0 Å². The van der Waals surface area contributed by atoms with Gasteiger partial charge >= 0.3 is 0 Å². The Morgan fingerprint density at radius 3 is 2.46 bits per heavy atom. The third-order valence-corrected chi connectivity index (χ3v) is 7.20. The molecule has 192 valence electrons. The molecular weight excluding hydrogens is 464 g/mol. The Balaban J connectivity index is 1.71. The van der Waals surface area contributed by atoms with Gasteiger partial charge in [-0.05, 0) is 62.0 Å². The van der Waals surface area contributed by atoms with Gasteiger partial charge in [0.1, 0.15) is 11.6 Å². The predicted octanol–water partition coefficient (Wildman–Crippen LogP) is 9.26. The molecule has 37 heavy (non-hydrogen) atoms. The fraction of sp³-hybridized carbons (Fsp3) is 0.312. The van der Waals surface area contributed by atoms with Crippen molar-refractivity contribution in [3.63, 3.8) is 0 Å². The molecule has 0 bridgehead atoms. The van der Waals surface area contributed by atoms with Crippen LogP contribution in [-0.4, -0.2) is 9.97 Å². The summed E-state index contributed by atoms with van der Waals surface area (Å²) in [5.74, 6) is -0.624. The first-order valence-corrected chi connectivity index (χ1v) is 13.0. The molecule has 0 fully saturated rings. The van der Waals surface area contributed by atoms with Crippen molar-refractivity contribution in [1.29, 1.82) is 0 Å². The number of nitrogens with zero attached hydrogens (tertiary/aromatic N) is 2. The van der Waals surface area contributed by atoms with E-state index in [0.717, 1.165) is 18.5 Å². The summed E-state index contributed by atoms with van der Waals surface area (Å²) in [5.41, 5.74) is 6.21. The molecule has 0 spiro atoms. The van der Waals surface area contributed by atoms with Gasteiger partial charge in [-0.1, -0.05) is 75.3 Å². The number of rotatable bonds is 7. The molecule has 2 aromatic carbocycles. The van der Waals surface area contributed by atoms with E-state index >= 15 is 8.78 Å². The van der Waals surface area contributed by atoms with Crippen LogP contribution in [-0.2, 0) is 0 Å². The molecule has 5 heteroatoms. The van der Waals surface area contributed by atoms with Crippen LogP contribution in [0.15, 0.2) is 83.2 Å². The van der Waals surface area contributed by atoms with Crippen molar-refractivity contribution in [2.75, 3.05) is 5.32 Å². The topological polar surface area (TPSA) is 37.8 Å².